The zero-order valence-corrected chi connectivity index (χ0v) is 13.6. The summed E-state index contributed by atoms with van der Waals surface area (Å²) in [6, 6.07) is 10.7. The Morgan fingerprint density at radius 2 is 1.87 bits per heavy atom. The van der Waals surface area contributed by atoms with E-state index in [0.717, 1.165) is 42.7 Å². The van der Waals surface area contributed by atoms with Crippen molar-refractivity contribution in [1.82, 2.24) is 5.32 Å². The lowest BCUT2D eigenvalue weighted by Crippen LogP contribution is -2.37. The number of non-ortho nitro benzene ring substituents is 1. The van der Waals surface area contributed by atoms with E-state index in [1.165, 1.54) is 17.0 Å². The number of benzene rings is 1. The number of nitro groups is 1. The molecule has 0 unspecified atom stereocenters. The molecule has 0 bridgehead atoms. The first-order valence-electron chi connectivity index (χ1n) is 7.82. The minimum Gasteiger partial charge on any atom is -0.389 e. The van der Waals surface area contributed by atoms with E-state index in [1.54, 1.807) is 23.5 Å². The van der Waals surface area contributed by atoms with Crippen LogP contribution >= 0.6 is 11.3 Å². The van der Waals surface area contributed by atoms with Crippen molar-refractivity contribution in [3.05, 3.63) is 51.4 Å². The Hall–Kier alpha value is -1.76. The smallest absolute Gasteiger partial charge is 0.269 e. The number of nitrogens with zero attached hydrogens (tertiary/aromatic N) is 1. The number of hydrogen-bond donors (Lipinski definition) is 2. The number of thiophene rings is 1. The van der Waals surface area contributed by atoms with Crippen LogP contribution in [-0.4, -0.2) is 22.2 Å². The molecule has 2 N–H and O–H groups in total. The molecule has 1 saturated carbocycles. The molecule has 0 radical (unpaired) electrons. The summed E-state index contributed by atoms with van der Waals surface area (Å²) in [5, 5.41) is 24.3. The third-order valence-electron chi connectivity index (χ3n) is 4.31. The van der Waals surface area contributed by atoms with Crippen LogP contribution in [0.1, 0.15) is 30.6 Å². The summed E-state index contributed by atoms with van der Waals surface area (Å²) in [5.74, 6) is 0. The van der Waals surface area contributed by atoms with Gasteiger partial charge in [0, 0.05) is 35.0 Å². The summed E-state index contributed by atoms with van der Waals surface area (Å²) in [6.07, 6.45) is 4.00. The summed E-state index contributed by atoms with van der Waals surface area (Å²) < 4.78 is 0. The second-order valence-corrected chi connectivity index (χ2v) is 7.27. The molecule has 0 atom stereocenters. The molecule has 122 valence electrons. The average Bonchev–Trinajstić information content (AvgIpc) is 3.17. The van der Waals surface area contributed by atoms with E-state index in [0.29, 0.717) is 6.54 Å². The Morgan fingerprint density at radius 3 is 2.52 bits per heavy atom. The van der Waals surface area contributed by atoms with Crippen molar-refractivity contribution < 1.29 is 10.0 Å². The Bertz CT molecular complexity index is 675. The van der Waals surface area contributed by atoms with Crippen LogP contribution in [0.25, 0.3) is 10.4 Å². The van der Waals surface area contributed by atoms with Gasteiger partial charge in [-0.1, -0.05) is 12.8 Å². The maximum absolute atomic E-state index is 10.7. The van der Waals surface area contributed by atoms with Gasteiger partial charge in [0.05, 0.1) is 10.5 Å². The van der Waals surface area contributed by atoms with Crippen molar-refractivity contribution in [2.45, 2.75) is 37.8 Å². The second-order valence-electron chi connectivity index (χ2n) is 6.10. The fourth-order valence-corrected chi connectivity index (χ4v) is 3.99. The zero-order chi connectivity index (χ0) is 16.3. The van der Waals surface area contributed by atoms with Crippen LogP contribution in [-0.2, 0) is 6.54 Å². The molecule has 0 spiro atoms. The first-order valence-corrected chi connectivity index (χ1v) is 8.64. The van der Waals surface area contributed by atoms with Crippen LogP contribution in [0.2, 0.25) is 0 Å². The third-order valence-corrected chi connectivity index (χ3v) is 5.45. The summed E-state index contributed by atoms with van der Waals surface area (Å²) in [4.78, 5) is 12.6. The van der Waals surface area contributed by atoms with Gasteiger partial charge in [0.25, 0.3) is 5.69 Å². The molecular formula is C17H20N2O3S. The van der Waals surface area contributed by atoms with Gasteiger partial charge in [-0.3, -0.25) is 10.1 Å². The van der Waals surface area contributed by atoms with Gasteiger partial charge in [0.2, 0.25) is 0 Å². The average molecular weight is 332 g/mol. The van der Waals surface area contributed by atoms with E-state index in [4.69, 9.17) is 0 Å². The van der Waals surface area contributed by atoms with Crippen molar-refractivity contribution in [1.29, 1.82) is 0 Å². The van der Waals surface area contributed by atoms with E-state index in [-0.39, 0.29) is 10.6 Å². The third kappa shape index (κ3) is 3.96. The normalized spacial score (nSPS) is 16.6. The van der Waals surface area contributed by atoms with Crippen molar-refractivity contribution in [3.8, 4) is 10.4 Å². The quantitative estimate of drug-likeness (QED) is 0.624. The van der Waals surface area contributed by atoms with Gasteiger partial charge in [-0.2, -0.15) is 0 Å². The lowest BCUT2D eigenvalue weighted by atomic mass is 10.0. The standard InChI is InChI=1S/C17H20N2O3S/c20-17(9-1-2-10-17)12-18-11-15-7-8-16(23-15)13-3-5-14(6-4-13)19(21)22/h3-8,18,20H,1-2,9-12H2. The van der Waals surface area contributed by atoms with Gasteiger partial charge >= 0.3 is 0 Å². The van der Waals surface area contributed by atoms with E-state index >= 15 is 0 Å². The molecule has 1 aliphatic carbocycles. The molecule has 0 amide bonds. The highest BCUT2D eigenvalue weighted by atomic mass is 32.1. The van der Waals surface area contributed by atoms with Crippen molar-refractivity contribution in [2.24, 2.45) is 0 Å². The molecule has 2 aromatic rings. The SMILES string of the molecule is O=[N+]([O-])c1ccc(-c2ccc(CNCC3(O)CCCC3)s2)cc1. The Morgan fingerprint density at radius 1 is 1.17 bits per heavy atom. The molecule has 0 aliphatic heterocycles. The first-order chi connectivity index (χ1) is 11.1. The van der Waals surface area contributed by atoms with Gasteiger partial charge in [-0.05, 0) is 42.7 Å². The highest BCUT2D eigenvalue weighted by Crippen LogP contribution is 2.30. The predicted molar refractivity (Wildman–Crippen MR) is 91.5 cm³/mol. The van der Waals surface area contributed by atoms with Gasteiger partial charge < -0.3 is 10.4 Å². The highest BCUT2D eigenvalue weighted by molar-refractivity contribution is 7.15. The molecule has 1 heterocycles. The molecule has 3 rings (SSSR count). The van der Waals surface area contributed by atoms with Crippen molar-refractivity contribution in [3.63, 3.8) is 0 Å². The lowest BCUT2D eigenvalue weighted by molar-refractivity contribution is -0.384. The fraction of sp³-hybridized carbons (Fsp3) is 0.412. The van der Waals surface area contributed by atoms with Crippen LogP contribution < -0.4 is 5.32 Å². The van der Waals surface area contributed by atoms with Gasteiger partial charge in [0.1, 0.15) is 0 Å². The highest BCUT2D eigenvalue weighted by Gasteiger charge is 2.30. The predicted octanol–water partition coefficient (Wildman–Crippen LogP) is 3.72. The maximum atomic E-state index is 10.7. The van der Waals surface area contributed by atoms with Crippen LogP contribution in [0, 0.1) is 10.1 Å². The maximum Gasteiger partial charge on any atom is 0.269 e. The van der Waals surface area contributed by atoms with Crippen LogP contribution in [0.15, 0.2) is 36.4 Å². The number of hydrogen-bond acceptors (Lipinski definition) is 5. The first kappa shape index (κ1) is 16.1. The van der Waals surface area contributed by atoms with Crippen molar-refractivity contribution in [2.75, 3.05) is 6.54 Å². The lowest BCUT2D eigenvalue weighted by Gasteiger charge is -2.22. The molecule has 1 aliphatic rings. The number of rotatable bonds is 6. The minimum atomic E-state index is -0.529. The Balaban J connectivity index is 1.58. The van der Waals surface area contributed by atoms with E-state index in [1.807, 2.05) is 6.07 Å². The van der Waals surface area contributed by atoms with Gasteiger partial charge in [-0.25, -0.2) is 0 Å². The molecule has 23 heavy (non-hydrogen) atoms. The monoisotopic (exact) mass is 332 g/mol. The van der Waals surface area contributed by atoms with Crippen LogP contribution in [0.3, 0.4) is 0 Å². The van der Waals surface area contributed by atoms with Gasteiger partial charge in [-0.15, -0.1) is 11.3 Å². The Labute approximate surface area is 139 Å². The summed E-state index contributed by atoms with van der Waals surface area (Å²) in [7, 11) is 0. The van der Waals surface area contributed by atoms with Gasteiger partial charge in [0.15, 0.2) is 0 Å². The number of nitrogens with one attached hydrogen (secondary N) is 1. The summed E-state index contributed by atoms with van der Waals surface area (Å²) in [5.41, 5.74) is 0.566. The minimum absolute atomic E-state index is 0.108. The van der Waals surface area contributed by atoms with Crippen LogP contribution in [0.4, 0.5) is 5.69 Å². The van der Waals surface area contributed by atoms with E-state index in [2.05, 4.69) is 11.4 Å². The second kappa shape index (κ2) is 6.78. The fourth-order valence-electron chi connectivity index (χ4n) is 3.00. The molecule has 6 heteroatoms. The number of nitro benzene ring substituents is 1. The molecular weight excluding hydrogens is 312 g/mol. The van der Waals surface area contributed by atoms with E-state index < -0.39 is 5.60 Å². The molecule has 0 saturated heterocycles. The molecule has 1 fully saturated rings. The van der Waals surface area contributed by atoms with Crippen LogP contribution in [0.5, 0.6) is 0 Å². The number of aliphatic hydroxyl groups is 1. The Kier molecular flexibility index (Phi) is 4.75. The summed E-state index contributed by atoms with van der Waals surface area (Å²) >= 11 is 1.67. The van der Waals surface area contributed by atoms with E-state index in [9.17, 15) is 15.2 Å². The molecule has 5 nitrogen and oxygen atoms in total. The zero-order valence-electron chi connectivity index (χ0n) is 12.8. The molecule has 1 aromatic heterocycles. The largest absolute Gasteiger partial charge is 0.389 e. The molecule has 1 aromatic carbocycles. The topological polar surface area (TPSA) is 75.4 Å². The summed E-state index contributed by atoms with van der Waals surface area (Å²) in [6.45, 7) is 1.37. The van der Waals surface area contributed by atoms with Crippen molar-refractivity contribution >= 4 is 17.0 Å².